The standard InChI is InChI=1S/C31H36N2O5/c1-22(23-9-6-5-7-10-23)32-29(35)21-37-30(36)12-8-11-28(34)33-25-15-19-27(20-16-25)38-26-17-13-24(14-18-26)31(2,3)4/h5-7,9-10,13-20,22H,8,11-12,21H2,1-4H3,(H,32,35)(H,33,34)/t22-/m1/s1. The summed E-state index contributed by atoms with van der Waals surface area (Å²) >= 11 is 0. The number of nitrogens with one attached hydrogen (secondary N) is 2. The number of benzene rings is 3. The van der Waals surface area contributed by atoms with Gasteiger partial charge in [0.05, 0.1) is 6.04 Å². The summed E-state index contributed by atoms with van der Waals surface area (Å²) in [6.07, 6.45) is 0.527. The quantitative estimate of drug-likeness (QED) is 0.292. The fourth-order valence-electron chi connectivity index (χ4n) is 3.71. The molecule has 2 amide bonds. The van der Waals surface area contributed by atoms with E-state index in [-0.39, 0.29) is 42.7 Å². The molecule has 3 aromatic carbocycles. The van der Waals surface area contributed by atoms with E-state index in [0.29, 0.717) is 17.9 Å². The number of anilines is 1. The van der Waals surface area contributed by atoms with Gasteiger partial charge in [-0.1, -0.05) is 63.2 Å². The molecule has 2 N–H and O–H groups in total. The molecule has 7 nitrogen and oxygen atoms in total. The van der Waals surface area contributed by atoms with Crippen LogP contribution in [0.1, 0.15) is 64.1 Å². The summed E-state index contributed by atoms with van der Waals surface area (Å²) in [4.78, 5) is 36.2. The average molecular weight is 517 g/mol. The third kappa shape index (κ3) is 9.39. The third-order valence-electron chi connectivity index (χ3n) is 5.92. The summed E-state index contributed by atoms with van der Waals surface area (Å²) in [5, 5.41) is 5.60. The van der Waals surface area contributed by atoms with E-state index in [2.05, 4.69) is 43.5 Å². The molecule has 7 heteroatoms. The fourth-order valence-corrected chi connectivity index (χ4v) is 3.71. The lowest BCUT2D eigenvalue weighted by Crippen LogP contribution is -2.31. The number of ether oxygens (including phenoxy) is 2. The van der Waals surface area contributed by atoms with Crippen molar-refractivity contribution in [1.82, 2.24) is 5.32 Å². The van der Waals surface area contributed by atoms with E-state index < -0.39 is 5.97 Å². The predicted molar refractivity (Wildman–Crippen MR) is 148 cm³/mol. The van der Waals surface area contributed by atoms with Crippen molar-refractivity contribution in [2.45, 2.75) is 58.4 Å². The zero-order chi connectivity index (χ0) is 27.5. The molecule has 1 atom stereocenters. The number of hydrogen-bond acceptors (Lipinski definition) is 5. The molecule has 0 bridgehead atoms. The van der Waals surface area contributed by atoms with Gasteiger partial charge in [0.15, 0.2) is 6.61 Å². The van der Waals surface area contributed by atoms with E-state index >= 15 is 0 Å². The number of carbonyl (C=O) groups excluding carboxylic acids is 3. The minimum Gasteiger partial charge on any atom is -0.457 e. The van der Waals surface area contributed by atoms with Crippen LogP contribution in [0, 0.1) is 0 Å². The van der Waals surface area contributed by atoms with Crippen LogP contribution in [0.3, 0.4) is 0 Å². The molecule has 200 valence electrons. The summed E-state index contributed by atoms with van der Waals surface area (Å²) in [6.45, 7) is 8.00. The van der Waals surface area contributed by atoms with Crippen molar-refractivity contribution >= 4 is 23.5 Å². The van der Waals surface area contributed by atoms with E-state index in [9.17, 15) is 14.4 Å². The van der Waals surface area contributed by atoms with Gasteiger partial charge in [-0.25, -0.2) is 0 Å². The van der Waals surface area contributed by atoms with Crippen molar-refractivity contribution < 1.29 is 23.9 Å². The molecule has 38 heavy (non-hydrogen) atoms. The Balaban J connectivity index is 1.33. The molecular weight excluding hydrogens is 480 g/mol. The Bertz CT molecular complexity index is 1200. The second-order valence-electron chi connectivity index (χ2n) is 10.2. The highest BCUT2D eigenvalue weighted by Gasteiger charge is 2.14. The maximum Gasteiger partial charge on any atom is 0.306 e. The Morgan fingerprint density at radius 2 is 1.39 bits per heavy atom. The largest absolute Gasteiger partial charge is 0.457 e. The van der Waals surface area contributed by atoms with Crippen LogP contribution in [0.5, 0.6) is 11.5 Å². The number of carbonyl (C=O) groups is 3. The summed E-state index contributed by atoms with van der Waals surface area (Å²) in [5.41, 5.74) is 2.91. The second kappa shape index (κ2) is 13.4. The topological polar surface area (TPSA) is 93.7 Å². The Kier molecular flexibility index (Phi) is 10.0. The van der Waals surface area contributed by atoms with Gasteiger partial charge in [0.25, 0.3) is 5.91 Å². The number of esters is 1. The Morgan fingerprint density at radius 1 is 0.789 bits per heavy atom. The van der Waals surface area contributed by atoms with Crippen LogP contribution in [0.4, 0.5) is 5.69 Å². The molecule has 0 heterocycles. The van der Waals surface area contributed by atoms with Crippen molar-refractivity contribution in [2.24, 2.45) is 0 Å². The first-order chi connectivity index (χ1) is 18.1. The van der Waals surface area contributed by atoms with Crippen molar-refractivity contribution in [3.05, 3.63) is 90.0 Å². The molecule has 3 aromatic rings. The molecule has 0 radical (unpaired) electrons. The SMILES string of the molecule is C[C@@H](NC(=O)COC(=O)CCCC(=O)Nc1ccc(Oc2ccc(C(C)(C)C)cc2)cc1)c1ccccc1. The van der Waals surface area contributed by atoms with Gasteiger partial charge >= 0.3 is 5.97 Å². The predicted octanol–water partition coefficient (Wildman–Crippen LogP) is 6.31. The van der Waals surface area contributed by atoms with Gasteiger partial charge in [-0.05, 0) is 66.3 Å². The monoisotopic (exact) mass is 516 g/mol. The molecule has 3 rings (SSSR count). The highest BCUT2D eigenvalue weighted by molar-refractivity contribution is 5.91. The summed E-state index contributed by atoms with van der Waals surface area (Å²) in [5.74, 6) is 0.305. The molecule has 0 aromatic heterocycles. The smallest absolute Gasteiger partial charge is 0.306 e. The Morgan fingerprint density at radius 3 is 2.00 bits per heavy atom. The van der Waals surface area contributed by atoms with Crippen molar-refractivity contribution in [3.8, 4) is 11.5 Å². The molecule has 0 unspecified atom stereocenters. The van der Waals surface area contributed by atoms with Crippen LogP contribution >= 0.6 is 0 Å². The molecule has 0 aliphatic heterocycles. The van der Waals surface area contributed by atoms with Gasteiger partial charge in [-0.15, -0.1) is 0 Å². The van der Waals surface area contributed by atoms with E-state index in [1.54, 1.807) is 24.3 Å². The first-order valence-corrected chi connectivity index (χ1v) is 12.8. The van der Waals surface area contributed by atoms with Crippen LogP contribution in [0.15, 0.2) is 78.9 Å². The lowest BCUT2D eigenvalue weighted by atomic mass is 9.87. The zero-order valence-corrected chi connectivity index (χ0v) is 22.5. The molecular formula is C31H36N2O5. The Hall–Kier alpha value is -4.13. The summed E-state index contributed by atoms with van der Waals surface area (Å²) < 4.78 is 10.9. The average Bonchev–Trinajstić information content (AvgIpc) is 2.89. The molecule has 0 saturated heterocycles. The van der Waals surface area contributed by atoms with Crippen LogP contribution in [-0.2, 0) is 24.5 Å². The fraction of sp³-hybridized carbons (Fsp3) is 0.323. The van der Waals surface area contributed by atoms with E-state index in [0.717, 1.165) is 11.3 Å². The maximum atomic E-state index is 12.2. The van der Waals surface area contributed by atoms with E-state index in [4.69, 9.17) is 9.47 Å². The summed E-state index contributed by atoms with van der Waals surface area (Å²) in [6, 6.07) is 24.4. The van der Waals surface area contributed by atoms with Gasteiger partial charge in [-0.2, -0.15) is 0 Å². The zero-order valence-electron chi connectivity index (χ0n) is 22.5. The van der Waals surface area contributed by atoms with Crippen LogP contribution in [-0.4, -0.2) is 24.4 Å². The van der Waals surface area contributed by atoms with Gasteiger partial charge < -0.3 is 20.1 Å². The molecule has 0 saturated carbocycles. The lowest BCUT2D eigenvalue weighted by Gasteiger charge is -2.19. The summed E-state index contributed by atoms with van der Waals surface area (Å²) in [7, 11) is 0. The molecule has 0 aliphatic rings. The highest BCUT2D eigenvalue weighted by atomic mass is 16.5. The normalized spacial score (nSPS) is 11.8. The number of rotatable bonds is 11. The van der Waals surface area contributed by atoms with Crippen LogP contribution in [0.25, 0.3) is 0 Å². The number of hydrogen-bond donors (Lipinski definition) is 2. The highest BCUT2D eigenvalue weighted by Crippen LogP contribution is 2.27. The van der Waals surface area contributed by atoms with Gasteiger partial charge in [-0.3, -0.25) is 14.4 Å². The first kappa shape index (κ1) is 28.4. The molecule has 0 aliphatic carbocycles. The molecule has 0 fully saturated rings. The van der Waals surface area contributed by atoms with Crippen molar-refractivity contribution in [2.75, 3.05) is 11.9 Å². The minimum atomic E-state index is -0.516. The van der Waals surface area contributed by atoms with E-state index in [1.165, 1.54) is 5.56 Å². The first-order valence-electron chi connectivity index (χ1n) is 12.8. The maximum absolute atomic E-state index is 12.2. The van der Waals surface area contributed by atoms with Gasteiger partial charge in [0.2, 0.25) is 5.91 Å². The van der Waals surface area contributed by atoms with E-state index in [1.807, 2.05) is 49.4 Å². The van der Waals surface area contributed by atoms with Crippen molar-refractivity contribution in [3.63, 3.8) is 0 Å². The van der Waals surface area contributed by atoms with Gasteiger partial charge in [0.1, 0.15) is 11.5 Å². The number of amides is 2. The van der Waals surface area contributed by atoms with Crippen LogP contribution < -0.4 is 15.4 Å². The third-order valence-corrected chi connectivity index (χ3v) is 5.92. The van der Waals surface area contributed by atoms with Crippen LogP contribution in [0.2, 0.25) is 0 Å². The molecule has 0 spiro atoms. The second-order valence-corrected chi connectivity index (χ2v) is 10.2. The minimum absolute atomic E-state index is 0.0513. The Labute approximate surface area is 224 Å². The van der Waals surface area contributed by atoms with Gasteiger partial charge in [0, 0.05) is 18.5 Å². The lowest BCUT2D eigenvalue weighted by molar-refractivity contribution is -0.148. The van der Waals surface area contributed by atoms with Crippen molar-refractivity contribution in [1.29, 1.82) is 0 Å².